The Balaban J connectivity index is 0.00000288. The molecule has 136 valence electrons. The van der Waals surface area contributed by atoms with Crippen molar-refractivity contribution in [3.05, 3.63) is 11.9 Å². The molecule has 1 aromatic heterocycles. The number of carbonyl (C=O) groups excluding carboxylic acids is 2. The molecule has 0 bridgehead atoms. The number of nitrogens with two attached hydrogens (primary N) is 1. The summed E-state index contributed by atoms with van der Waals surface area (Å²) in [6.07, 6.45) is 7.35. The lowest BCUT2D eigenvalue weighted by atomic mass is 9.84. The van der Waals surface area contributed by atoms with E-state index < -0.39 is 0 Å². The van der Waals surface area contributed by atoms with E-state index in [2.05, 4.69) is 15.6 Å². The van der Waals surface area contributed by atoms with Gasteiger partial charge in [-0.15, -0.1) is 17.5 Å². The van der Waals surface area contributed by atoms with Gasteiger partial charge >= 0.3 is 0 Å². The van der Waals surface area contributed by atoms with E-state index in [4.69, 9.17) is 5.73 Å². The second-order valence-electron chi connectivity index (χ2n) is 6.30. The minimum atomic E-state index is -0.283. The highest BCUT2D eigenvalue weighted by Crippen LogP contribution is 2.26. The summed E-state index contributed by atoms with van der Waals surface area (Å²) in [7, 11) is 3.34. The largest absolute Gasteiger partial charge is 0.347 e. The van der Waals surface area contributed by atoms with Crippen LogP contribution in [0.1, 0.15) is 42.6 Å². The first-order valence-electron chi connectivity index (χ1n) is 8.12. The lowest BCUT2D eigenvalue weighted by molar-refractivity contribution is -0.129. The van der Waals surface area contributed by atoms with Gasteiger partial charge < -0.3 is 16.0 Å². The van der Waals surface area contributed by atoms with Crippen molar-refractivity contribution in [2.75, 3.05) is 20.6 Å². The lowest BCUT2D eigenvalue weighted by Crippen LogP contribution is -2.46. The van der Waals surface area contributed by atoms with Gasteiger partial charge in [-0.2, -0.15) is 0 Å². The maximum absolute atomic E-state index is 12.3. The van der Waals surface area contributed by atoms with Crippen LogP contribution in [0, 0.1) is 5.92 Å². The molecule has 1 aliphatic carbocycles. The van der Waals surface area contributed by atoms with Crippen LogP contribution >= 0.6 is 12.4 Å². The molecule has 9 heteroatoms. The maximum Gasteiger partial charge on any atom is 0.273 e. The number of nitrogens with zero attached hydrogens (tertiary/aromatic N) is 4. The smallest absolute Gasteiger partial charge is 0.273 e. The number of nitrogens with one attached hydrogen (secondary N) is 1. The van der Waals surface area contributed by atoms with Crippen molar-refractivity contribution in [1.82, 2.24) is 25.2 Å². The molecule has 1 heterocycles. The Morgan fingerprint density at radius 1 is 1.38 bits per heavy atom. The highest BCUT2D eigenvalue weighted by Gasteiger charge is 2.25. The third kappa shape index (κ3) is 5.45. The Morgan fingerprint density at radius 2 is 2.04 bits per heavy atom. The van der Waals surface area contributed by atoms with Gasteiger partial charge in [-0.3, -0.25) is 9.59 Å². The van der Waals surface area contributed by atoms with Crippen molar-refractivity contribution in [3.63, 3.8) is 0 Å². The normalized spacial score (nSPS) is 16.1. The van der Waals surface area contributed by atoms with Gasteiger partial charge in [0.05, 0.1) is 6.20 Å². The molecule has 1 atom stereocenters. The predicted molar refractivity (Wildman–Crippen MR) is 92.8 cm³/mol. The molecule has 0 radical (unpaired) electrons. The third-order valence-corrected chi connectivity index (χ3v) is 4.36. The Labute approximate surface area is 148 Å². The SMILES string of the molecule is CN(C)C(=O)Cn1cc(C(=O)NC(CN)C2CCCCC2)nn1.Cl. The van der Waals surface area contributed by atoms with Gasteiger partial charge in [0.15, 0.2) is 5.69 Å². The van der Waals surface area contributed by atoms with Gasteiger partial charge in [-0.1, -0.05) is 24.5 Å². The number of carbonyl (C=O) groups is 2. The van der Waals surface area contributed by atoms with E-state index in [-0.39, 0.29) is 42.5 Å². The van der Waals surface area contributed by atoms with E-state index in [9.17, 15) is 9.59 Å². The molecule has 3 N–H and O–H groups in total. The highest BCUT2D eigenvalue weighted by molar-refractivity contribution is 5.92. The van der Waals surface area contributed by atoms with Crippen LogP contribution in [0.15, 0.2) is 6.20 Å². The molecule has 0 saturated heterocycles. The summed E-state index contributed by atoms with van der Waals surface area (Å²) >= 11 is 0. The van der Waals surface area contributed by atoms with E-state index in [1.807, 2.05) is 0 Å². The van der Waals surface area contributed by atoms with E-state index >= 15 is 0 Å². The number of halogens is 1. The van der Waals surface area contributed by atoms with Crippen LogP contribution in [0.5, 0.6) is 0 Å². The molecule has 8 nitrogen and oxygen atoms in total. The predicted octanol–water partition coefficient (Wildman–Crippen LogP) is 0.425. The van der Waals surface area contributed by atoms with Crippen molar-refractivity contribution in [2.45, 2.75) is 44.7 Å². The van der Waals surface area contributed by atoms with Crippen LogP contribution in [0.25, 0.3) is 0 Å². The fourth-order valence-electron chi connectivity index (χ4n) is 2.91. The second kappa shape index (κ2) is 9.58. The molecule has 1 aromatic rings. The van der Waals surface area contributed by atoms with Gasteiger partial charge in [-0.05, 0) is 18.8 Å². The molecule has 2 amide bonds. The fourth-order valence-corrected chi connectivity index (χ4v) is 2.91. The zero-order chi connectivity index (χ0) is 16.8. The zero-order valence-electron chi connectivity index (χ0n) is 14.3. The average Bonchev–Trinajstić information content (AvgIpc) is 3.01. The first kappa shape index (κ1) is 20.4. The number of aromatic nitrogens is 3. The Kier molecular flexibility index (Phi) is 8.14. The monoisotopic (exact) mass is 358 g/mol. The Hall–Kier alpha value is -1.67. The maximum atomic E-state index is 12.3. The van der Waals surface area contributed by atoms with E-state index in [0.717, 1.165) is 12.8 Å². The van der Waals surface area contributed by atoms with Crippen LogP contribution in [0.4, 0.5) is 0 Å². The number of hydrogen-bond donors (Lipinski definition) is 2. The summed E-state index contributed by atoms with van der Waals surface area (Å²) in [5.74, 6) is 0.0431. The molecule has 0 aliphatic heterocycles. The van der Waals surface area contributed by atoms with Gasteiger partial charge in [0.1, 0.15) is 6.54 Å². The van der Waals surface area contributed by atoms with Gasteiger partial charge in [0.2, 0.25) is 5.91 Å². The summed E-state index contributed by atoms with van der Waals surface area (Å²) in [6.45, 7) is 0.486. The van der Waals surface area contributed by atoms with Crippen LogP contribution in [-0.4, -0.2) is 58.4 Å². The highest BCUT2D eigenvalue weighted by atomic mass is 35.5. The molecule has 1 aliphatic rings. The number of likely N-dealkylation sites (N-methyl/N-ethyl adjacent to an activating group) is 1. The number of amides is 2. The Morgan fingerprint density at radius 3 is 2.62 bits per heavy atom. The molecule has 0 spiro atoms. The third-order valence-electron chi connectivity index (χ3n) is 4.36. The topological polar surface area (TPSA) is 106 Å². The minimum Gasteiger partial charge on any atom is -0.347 e. The first-order chi connectivity index (χ1) is 11.0. The average molecular weight is 359 g/mol. The van der Waals surface area contributed by atoms with Crippen molar-refractivity contribution >= 4 is 24.2 Å². The van der Waals surface area contributed by atoms with Crippen molar-refractivity contribution in [1.29, 1.82) is 0 Å². The first-order valence-corrected chi connectivity index (χ1v) is 8.12. The van der Waals surface area contributed by atoms with Crippen LogP contribution in [-0.2, 0) is 11.3 Å². The number of rotatable bonds is 6. The van der Waals surface area contributed by atoms with E-state index in [0.29, 0.717) is 12.5 Å². The summed E-state index contributed by atoms with van der Waals surface area (Å²) in [5, 5.41) is 10.6. The molecule has 2 rings (SSSR count). The van der Waals surface area contributed by atoms with Gasteiger partial charge in [0, 0.05) is 26.7 Å². The van der Waals surface area contributed by atoms with Crippen molar-refractivity contribution < 1.29 is 9.59 Å². The van der Waals surface area contributed by atoms with Gasteiger partial charge in [-0.25, -0.2) is 4.68 Å². The zero-order valence-corrected chi connectivity index (χ0v) is 15.1. The lowest BCUT2D eigenvalue weighted by Gasteiger charge is -2.29. The van der Waals surface area contributed by atoms with E-state index in [1.54, 1.807) is 14.1 Å². The quantitative estimate of drug-likeness (QED) is 0.766. The van der Waals surface area contributed by atoms with Gasteiger partial charge in [0.25, 0.3) is 5.91 Å². The van der Waals surface area contributed by atoms with Crippen LogP contribution < -0.4 is 11.1 Å². The summed E-state index contributed by atoms with van der Waals surface area (Å²) in [5.41, 5.74) is 6.04. The molecule has 0 aromatic carbocycles. The molecule has 1 fully saturated rings. The standard InChI is InChI=1S/C15H26N6O2.ClH/c1-20(2)14(22)10-21-9-13(18-19-21)15(23)17-12(8-16)11-6-4-3-5-7-11;/h9,11-12H,3-8,10,16H2,1-2H3,(H,17,23);1H. The summed E-state index contributed by atoms with van der Waals surface area (Å²) in [6, 6.07) is -0.0312. The van der Waals surface area contributed by atoms with Crippen molar-refractivity contribution in [3.8, 4) is 0 Å². The molecule has 1 saturated carbocycles. The Bertz CT molecular complexity index is 542. The van der Waals surface area contributed by atoms with E-state index in [1.165, 1.54) is 35.0 Å². The molecular formula is C15H27ClN6O2. The summed E-state index contributed by atoms with van der Waals surface area (Å²) < 4.78 is 1.37. The molecule has 1 unspecified atom stereocenters. The fraction of sp³-hybridized carbons (Fsp3) is 0.733. The number of hydrogen-bond acceptors (Lipinski definition) is 5. The van der Waals surface area contributed by atoms with Crippen LogP contribution in [0.3, 0.4) is 0 Å². The van der Waals surface area contributed by atoms with Crippen LogP contribution in [0.2, 0.25) is 0 Å². The minimum absolute atomic E-state index is 0. The summed E-state index contributed by atoms with van der Waals surface area (Å²) in [4.78, 5) is 25.4. The molecule has 24 heavy (non-hydrogen) atoms. The second-order valence-corrected chi connectivity index (χ2v) is 6.30. The molecular weight excluding hydrogens is 332 g/mol. The van der Waals surface area contributed by atoms with Crippen molar-refractivity contribution in [2.24, 2.45) is 11.7 Å².